The van der Waals surface area contributed by atoms with Crippen molar-refractivity contribution in [3.8, 4) is 12.3 Å². The van der Waals surface area contributed by atoms with Crippen molar-refractivity contribution in [2.45, 2.75) is 24.8 Å². The molecule has 0 aliphatic heterocycles. The van der Waals surface area contributed by atoms with E-state index in [0.717, 1.165) is 12.8 Å². The van der Waals surface area contributed by atoms with E-state index < -0.39 is 10.1 Å². The van der Waals surface area contributed by atoms with Crippen LogP contribution in [0.15, 0.2) is 24.3 Å². The molecule has 1 aliphatic rings. The summed E-state index contributed by atoms with van der Waals surface area (Å²) >= 11 is 0. The summed E-state index contributed by atoms with van der Waals surface area (Å²) in [6, 6.07) is 8.32. The van der Waals surface area contributed by atoms with Gasteiger partial charge in [-0.3, -0.25) is 4.55 Å². The Labute approximate surface area is 108 Å². The van der Waals surface area contributed by atoms with Gasteiger partial charge in [0, 0.05) is 6.42 Å². The summed E-state index contributed by atoms with van der Waals surface area (Å²) in [7, 11) is -3.67. The highest BCUT2D eigenvalue weighted by Gasteiger charge is 2.33. The SMILES string of the molecule is C#CCC1(N)CCc2ccccc21.CS(=O)(=O)O. The Bertz CT molecular complexity index is 552. The second-order valence-corrected chi connectivity index (χ2v) is 5.89. The van der Waals surface area contributed by atoms with Crippen LogP contribution in [0.1, 0.15) is 24.0 Å². The molecule has 0 bridgehead atoms. The van der Waals surface area contributed by atoms with Gasteiger partial charge in [0.2, 0.25) is 0 Å². The van der Waals surface area contributed by atoms with E-state index in [1.165, 1.54) is 11.1 Å². The average molecular weight is 267 g/mol. The number of benzene rings is 1. The monoisotopic (exact) mass is 267 g/mol. The zero-order valence-electron chi connectivity index (χ0n) is 10.3. The molecule has 1 aliphatic carbocycles. The second kappa shape index (κ2) is 5.53. The maximum Gasteiger partial charge on any atom is 0.261 e. The molecule has 18 heavy (non-hydrogen) atoms. The van der Waals surface area contributed by atoms with Crippen LogP contribution in [0.25, 0.3) is 0 Å². The fraction of sp³-hybridized carbons (Fsp3) is 0.385. The van der Waals surface area contributed by atoms with Gasteiger partial charge >= 0.3 is 0 Å². The zero-order valence-corrected chi connectivity index (χ0v) is 11.1. The van der Waals surface area contributed by atoms with E-state index in [2.05, 4.69) is 24.1 Å². The van der Waals surface area contributed by atoms with Gasteiger partial charge in [0.1, 0.15) is 0 Å². The van der Waals surface area contributed by atoms with Crippen LogP contribution in [0.2, 0.25) is 0 Å². The molecule has 98 valence electrons. The van der Waals surface area contributed by atoms with Crippen molar-refractivity contribution in [1.29, 1.82) is 0 Å². The van der Waals surface area contributed by atoms with Crippen molar-refractivity contribution in [3.05, 3.63) is 35.4 Å². The highest BCUT2D eigenvalue weighted by atomic mass is 32.2. The molecular weight excluding hydrogens is 250 g/mol. The minimum atomic E-state index is -3.67. The van der Waals surface area contributed by atoms with Gasteiger partial charge in [-0.25, -0.2) is 0 Å². The van der Waals surface area contributed by atoms with Crippen LogP contribution in [-0.2, 0) is 22.1 Å². The van der Waals surface area contributed by atoms with Gasteiger partial charge in [0.05, 0.1) is 11.8 Å². The van der Waals surface area contributed by atoms with Crippen molar-refractivity contribution < 1.29 is 13.0 Å². The first-order valence-electron chi connectivity index (χ1n) is 5.49. The van der Waals surface area contributed by atoms with Crippen LogP contribution in [0, 0.1) is 12.3 Å². The van der Waals surface area contributed by atoms with E-state index in [4.69, 9.17) is 16.7 Å². The summed E-state index contributed by atoms with van der Waals surface area (Å²) in [5, 5.41) is 0. The summed E-state index contributed by atoms with van der Waals surface area (Å²) in [4.78, 5) is 0. The number of rotatable bonds is 1. The Morgan fingerprint density at radius 2 is 2.06 bits per heavy atom. The minimum absolute atomic E-state index is 0.259. The minimum Gasteiger partial charge on any atom is -0.321 e. The third-order valence-electron chi connectivity index (χ3n) is 2.81. The number of fused-ring (bicyclic) bond motifs is 1. The first kappa shape index (κ1) is 14.7. The van der Waals surface area contributed by atoms with Crippen LogP contribution in [-0.4, -0.2) is 19.2 Å². The molecular formula is C13H17NO3S. The fourth-order valence-corrected chi connectivity index (χ4v) is 2.08. The molecule has 1 atom stereocenters. The lowest BCUT2D eigenvalue weighted by Crippen LogP contribution is -2.33. The molecule has 0 aromatic heterocycles. The quantitative estimate of drug-likeness (QED) is 0.594. The third-order valence-corrected chi connectivity index (χ3v) is 2.81. The van der Waals surface area contributed by atoms with Crippen molar-refractivity contribution in [2.75, 3.05) is 6.26 Å². The Morgan fingerprint density at radius 1 is 1.50 bits per heavy atom. The molecule has 0 spiro atoms. The largest absolute Gasteiger partial charge is 0.321 e. The van der Waals surface area contributed by atoms with E-state index in [9.17, 15) is 8.42 Å². The van der Waals surface area contributed by atoms with Gasteiger partial charge in [0.25, 0.3) is 10.1 Å². The van der Waals surface area contributed by atoms with Crippen molar-refractivity contribution in [1.82, 2.24) is 0 Å². The molecule has 0 amide bonds. The number of terminal acetylenes is 1. The van der Waals surface area contributed by atoms with Gasteiger partial charge in [-0.2, -0.15) is 8.42 Å². The van der Waals surface area contributed by atoms with Gasteiger partial charge in [0.15, 0.2) is 0 Å². The second-order valence-electron chi connectivity index (χ2n) is 4.43. The number of hydrogen-bond acceptors (Lipinski definition) is 3. The molecule has 0 fully saturated rings. The Morgan fingerprint density at radius 3 is 2.61 bits per heavy atom. The smallest absolute Gasteiger partial charge is 0.261 e. The average Bonchev–Trinajstić information content (AvgIpc) is 2.56. The predicted molar refractivity (Wildman–Crippen MR) is 71.6 cm³/mol. The highest BCUT2D eigenvalue weighted by Crippen LogP contribution is 2.36. The molecule has 2 rings (SSSR count). The number of nitrogens with two attached hydrogens (primary N) is 1. The van der Waals surface area contributed by atoms with Gasteiger partial charge < -0.3 is 5.73 Å². The molecule has 1 aromatic rings. The maximum atomic E-state index is 9.19. The van der Waals surface area contributed by atoms with Crippen LogP contribution < -0.4 is 5.73 Å². The Hall–Kier alpha value is -1.35. The summed E-state index contributed by atoms with van der Waals surface area (Å²) < 4.78 is 25.9. The van der Waals surface area contributed by atoms with Crippen molar-refractivity contribution in [2.24, 2.45) is 5.73 Å². The van der Waals surface area contributed by atoms with Crippen molar-refractivity contribution in [3.63, 3.8) is 0 Å². The predicted octanol–water partition coefficient (Wildman–Crippen LogP) is 1.31. The highest BCUT2D eigenvalue weighted by molar-refractivity contribution is 7.85. The van der Waals surface area contributed by atoms with Gasteiger partial charge in [-0.1, -0.05) is 24.3 Å². The molecule has 0 saturated carbocycles. The molecule has 4 nitrogen and oxygen atoms in total. The van der Waals surface area contributed by atoms with Crippen LogP contribution in [0.3, 0.4) is 0 Å². The molecule has 0 heterocycles. The molecule has 1 unspecified atom stereocenters. The Balaban J connectivity index is 0.000000280. The summed E-state index contributed by atoms with van der Waals surface area (Å²) in [6.45, 7) is 0. The van der Waals surface area contributed by atoms with E-state index in [-0.39, 0.29) is 5.54 Å². The van der Waals surface area contributed by atoms with E-state index >= 15 is 0 Å². The van der Waals surface area contributed by atoms with Gasteiger partial charge in [-0.05, 0) is 24.0 Å². The topological polar surface area (TPSA) is 80.4 Å². The lowest BCUT2D eigenvalue weighted by Gasteiger charge is -2.22. The van der Waals surface area contributed by atoms with Crippen LogP contribution in [0.5, 0.6) is 0 Å². The summed E-state index contributed by atoms with van der Waals surface area (Å²) in [5.74, 6) is 2.67. The summed E-state index contributed by atoms with van der Waals surface area (Å²) in [6.07, 6.45) is 8.73. The van der Waals surface area contributed by atoms with Crippen molar-refractivity contribution >= 4 is 10.1 Å². The Kier molecular flexibility index (Phi) is 4.52. The fourth-order valence-electron chi connectivity index (χ4n) is 2.08. The van der Waals surface area contributed by atoms with E-state index in [1.807, 2.05) is 6.07 Å². The lowest BCUT2D eigenvalue weighted by molar-refractivity contribution is 0.454. The third kappa shape index (κ3) is 4.15. The summed E-state index contributed by atoms with van der Waals surface area (Å²) in [5.41, 5.74) is 8.58. The standard InChI is InChI=1S/C12H13N.CH4O3S/c1-2-8-12(13)9-7-10-5-3-4-6-11(10)12;1-5(2,3)4/h1,3-6H,7-9,13H2;1H3,(H,2,3,4). The maximum absolute atomic E-state index is 9.19. The first-order valence-corrected chi connectivity index (χ1v) is 7.34. The molecule has 0 saturated heterocycles. The molecule has 0 radical (unpaired) electrons. The molecule has 5 heteroatoms. The number of hydrogen-bond donors (Lipinski definition) is 2. The van der Waals surface area contributed by atoms with E-state index in [0.29, 0.717) is 12.7 Å². The normalized spacial score (nSPS) is 21.4. The number of aryl methyl sites for hydroxylation is 1. The molecule has 3 N–H and O–H groups in total. The molecule has 1 aromatic carbocycles. The van der Waals surface area contributed by atoms with Crippen LogP contribution >= 0.6 is 0 Å². The lowest BCUT2D eigenvalue weighted by atomic mass is 9.90. The van der Waals surface area contributed by atoms with Crippen LogP contribution in [0.4, 0.5) is 0 Å². The van der Waals surface area contributed by atoms with E-state index in [1.54, 1.807) is 0 Å². The zero-order chi connectivity index (χ0) is 13.8. The van der Waals surface area contributed by atoms with Gasteiger partial charge in [-0.15, -0.1) is 12.3 Å². The first-order chi connectivity index (χ1) is 8.26.